The molecule has 9 heteroatoms. The summed E-state index contributed by atoms with van der Waals surface area (Å²) in [6.07, 6.45) is 3.42. The normalized spacial score (nSPS) is 20.8. The van der Waals surface area contributed by atoms with Crippen molar-refractivity contribution < 1.29 is 13.9 Å². The largest absolute Gasteiger partial charge is 0.486 e. The molecule has 1 aromatic heterocycles. The molecule has 0 aliphatic carbocycles. The standard InChI is InChI=1S/C22H23ClFN5O2/c23-17-7-13(1-2-18(17)24)29-22-16-8-20(28-14-3-5-25-10-14)21(9-19(16)26-12-27-22)31-15-4-6-30-11-15/h1-2,7-9,12,14-15,25,28H,3-6,10-11H2,(H,26,27,29)/t14-,15?/m0/s1. The zero-order valence-corrected chi connectivity index (χ0v) is 17.6. The maximum atomic E-state index is 13.5. The van der Waals surface area contributed by atoms with Gasteiger partial charge in [-0.15, -0.1) is 0 Å². The molecule has 3 N–H and O–H groups in total. The summed E-state index contributed by atoms with van der Waals surface area (Å²) in [4.78, 5) is 8.83. The molecule has 2 aromatic carbocycles. The summed E-state index contributed by atoms with van der Waals surface area (Å²) in [5.74, 6) is 0.898. The monoisotopic (exact) mass is 443 g/mol. The van der Waals surface area contributed by atoms with Crippen LogP contribution in [0, 0.1) is 5.82 Å². The topological polar surface area (TPSA) is 80.3 Å². The van der Waals surface area contributed by atoms with Gasteiger partial charge in [-0.1, -0.05) is 11.6 Å². The van der Waals surface area contributed by atoms with E-state index in [1.807, 2.05) is 12.1 Å². The van der Waals surface area contributed by atoms with Crippen LogP contribution >= 0.6 is 11.6 Å². The number of ether oxygens (including phenoxy) is 2. The van der Waals surface area contributed by atoms with E-state index in [4.69, 9.17) is 21.1 Å². The van der Waals surface area contributed by atoms with Crippen LogP contribution in [-0.4, -0.2) is 48.4 Å². The highest BCUT2D eigenvalue weighted by Crippen LogP contribution is 2.35. The summed E-state index contributed by atoms with van der Waals surface area (Å²) in [6.45, 7) is 3.18. The number of hydrogen-bond acceptors (Lipinski definition) is 7. The lowest BCUT2D eigenvalue weighted by atomic mass is 10.1. The van der Waals surface area contributed by atoms with Crippen molar-refractivity contribution in [2.45, 2.75) is 25.0 Å². The molecule has 0 amide bonds. The van der Waals surface area contributed by atoms with Gasteiger partial charge in [0.2, 0.25) is 0 Å². The number of halogens is 2. The number of nitrogens with zero attached hydrogens (tertiary/aromatic N) is 2. The zero-order chi connectivity index (χ0) is 21.2. The molecule has 3 heterocycles. The highest BCUT2D eigenvalue weighted by atomic mass is 35.5. The second-order valence-corrected chi connectivity index (χ2v) is 8.19. The minimum Gasteiger partial charge on any atom is -0.486 e. The van der Waals surface area contributed by atoms with Gasteiger partial charge in [0.05, 0.1) is 29.4 Å². The lowest BCUT2D eigenvalue weighted by Crippen LogP contribution is -2.23. The molecule has 2 atom stereocenters. The smallest absolute Gasteiger partial charge is 0.145 e. The Hall–Kier alpha value is -2.68. The molecule has 2 fully saturated rings. The van der Waals surface area contributed by atoms with Crippen LogP contribution in [0.1, 0.15) is 12.8 Å². The number of benzene rings is 2. The van der Waals surface area contributed by atoms with Crippen molar-refractivity contribution in [3.63, 3.8) is 0 Å². The van der Waals surface area contributed by atoms with E-state index in [0.29, 0.717) is 30.8 Å². The molecule has 2 saturated heterocycles. The van der Waals surface area contributed by atoms with Crippen molar-refractivity contribution in [1.29, 1.82) is 0 Å². The number of nitrogens with one attached hydrogen (secondary N) is 3. The minimum absolute atomic E-state index is 0.0282. The zero-order valence-electron chi connectivity index (χ0n) is 16.8. The van der Waals surface area contributed by atoms with E-state index in [0.717, 1.165) is 48.3 Å². The summed E-state index contributed by atoms with van der Waals surface area (Å²) >= 11 is 5.93. The lowest BCUT2D eigenvalue weighted by Gasteiger charge is -2.21. The van der Waals surface area contributed by atoms with E-state index in [-0.39, 0.29) is 11.1 Å². The van der Waals surface area contributed by atoms with Crippen LogP contribution < -0.4 is 20.7 Å². The second-order valence-electron chi connectivity index (χ2n) is 7.78. The molecule has 0 bridgehead atoms. The quantitative estimate of drug-likeness (QED) is 0.529. The highest BCUT2D eigenvalue weighted by molar-refractivity contribution is 6.31. The van der Waals surface area contributed by atoms with Gasteiger partial charge in [-0.2, -0.15) is 0 Å². The molecule has 0 saturated carbocycles. The minimum atomic E-state index is -0.464. The Bertz CT molecular complexity index is 1090. The van der Waals surface area contributed by atoms with Gasteiger partial charge < -0.3 is 25.4 Å². The molecule has 2 aliphatic rings. The number of fused-ring (bicyclic) bond motifs is 1. The molecule has 5 rings (SSSR count). The average Bonchev–Trinajstić information content (AvgIpc) is 3.46. The van der Waals surface area contributed by atoms with Crippen molar-refractivity contribution in [2.24, 2.45) is 0 Å². The van der Waals surface area contributed by atoms with Crippen LogP contribution in [0.15, 0.2) is 36.7 Å². The lowest BCUT2D eigenvalue weighted by molar-refractivity contribution is 0.142. The van der Waals surface area contributed by atoms with Crippen LogP contribution in [0.2, 0.25) is 5.02 Å². The summed E-state index contributed by atoms with van der Waals surface area (Å²) in [7, 11) is 0. The van der Waals surface area contributed by atoms with Crippen LogP contribution in [0.3, 0.4) is 0 Å². The predicted molar refractivity (Wildman–Crippen MR) is 119 cm³/mol. The molecule has 7 nitrogen and oxygen atoms in total. The van der Waals surface area contributed by atoms with Gasteiger partial charge in [0.15, 0.2) is 0 Å². The van der Waals surface area contributed by atoms with Gasteiger partial charge in [0, 0.05) is 36.1 Å². The van der Waals surface area contributed by atoms with Gasteiger partial charge in [-0.25, -0.2) is 14.4 Å². The maximum Gasteiger partial charge on any atom is 0.145 e. The molecule has 31 heavy (non-hydrogen) atoms. The van der Waals surface area contributed by atoms with Crippen LogP contribution in [0.5, 0.6) is 5.75 Å². The first-order valence-electron chi connectivity index (χ1n) is 10.4. The predicted octanol–water partition coefficient (Wildman–Crippen LogP) is 4.11. The Kier molecular flexibility index (Phi) is 5.76. The van der Waals surface area contributed by atoms with Crippen molar-refractivity contribution in [3.8, 4) is 5.75 Å². The van der Waals surface area contributed by atoms with Crippen molar-refractivity contribution >= 4 is 39.7 Å². The van der Waals surface area contributed by atoms with Crippen molar-refractivity contribution in [3.05, 3.63) is 47.5 Å². The van der Waals surface area contributed by atoms with E-state index < -0.39 is 5.82 Å². The number of anilines is 3. The van der Waals surface area contributed by atoms with Crippen molar-refractivity contribution in [2.75, 3.05) is 36.9 Å². The first-order valence-corrected chi connectivity index (χ1v) is 10.8. The van der Waals surface area contributed by atoms with E-state index >= 15 is 0 Å². The Morgan fingerprint density at radius 2 is 2.13 bits per heavy atom. The Labute approximate surface area is 184 Å². The molecular formula is C22H23ClFN5O2. The van der Waals surface area contributed by atoms with Crippen LogP contribution in [-0.2, 0) is 4.74 Å². The molecule has 0 spiro atoms. The maximum absolute atomic E-state index is 13.5. The van der Waals surface area contributed by atoms with Gasteiger partial charge in [0.25, 0.3) is 0 Å². The molecule has 1 unspecified atom stereocenters. The summed E-state index contributed by atoms with van der Waals surface area (Å²) < 4.78 is 25.3. The first-order chi connectivity index (χ1) is 15.2. The van der Waals surface area contributed by atoms with Gasteiger partial charge in [-0.3, -0.25) is 0 Å². The number of rotatable bonds is 6. The third kappa shape index (κ3) is 4.51. The highest BCUT2D eigenvalue weighted by Gasteiger charge is 2.22. The fourth-order valence-electron chi connectivity index (χ4n) is 3.89. The molecule has 2 aliphatic heterocycles. The van der Waals surface area contributed by atoms with Crippen LogP contribution in [0.25, 0.3) is 10.9 Å². The van der Waals surface area contributed by atoms with Crippen molar-refractivity contribution in [1.82, 2.24) is 15.3 Å². The summed E-state index contributed by atoms with van der Waals surface area (Å²) in [6, 6.07) is 8.73. The molecule has 3 aromatic rings. The SMILES string of the molecule is Fc1ccc(Nc2ncnc3cc(OC4CCOC4)c(N[C@H]4CCNC4)cc23)cc1Cl. The fraction of sp³-hybridized carbons (Fsp3) is 0.364. The van der Waals surface area contributed by atoms with E-state index in [2.05, 4.69) is 25.9 Å². The van der Waals surface area contributed by atoms with E-state index in [9.17, 15) is 4.39 Å². The number of hydrogen-bond donors (Lipinski definition) is 3. The average molecular weight is 444 g/mol. The van der Waals surface area contributed by atoms with Gasteiger partial charge >= 0.3 is 0 Å². The summed E-state index contributed by atoms with van der Waals surface area (Å²) in [5, 5.41) is 11.1. The Morgan fingerprint density at radius 3 is 2.90 bits per heavy atom. The Balaban J connectivity index is 1.51. The first kappa shape index (κ1) is 20.2. The molecule has 0 radical (unpaired) electrons. The summed E-state index contributed by atoms with van der Waals surface area (Å²) in [5.41, 5.74) is 2.28. The van der Waals surface area contributed by atoms with E-state index in [1.165, 1.54) is 18.5 Å². The third-order valence-electron chi connectivity index (χ3n) is 5.52. The fourth-order valence-corrected chi connectivity index (χ4v) is 4.07. The Morgan fingerprint density at radius 1 is 1.19 bits per heavy atom. The third-order valence-corrected chi connectivity index (χ3v) is 5.81. The van der Waals surface area contributed by atoms with E-state index in [1.54, 1.807) is 6.07 Å². The molecule has 162 valence electrons. The van der Waals surface area contributed by atoms with Crippen LogP contribution in [0.4, 0.5) is 21.6 Å². The number of aromatic nitrogens is 2. The molecular weight excluding hydrogens is 421 g/mol. The van der Waals surface area contributed by atoms with Gasteiger partial charge in [-0.05, 0) is 37.2 Å². The van der Waals surface area contributed by atoms with Gasteiger partial charge in [0.1, 0.15) is 29.8 Å². The second kappa shape index (κ2) is 8.82.